The van der Waals surface area contributed by atoms with E-state index in [1.165, 1.54) is 22.7 Å². The second-order valence-corrected chi connectivity index (χ2v) is 9.56. The first-order valence-electron chi connectivity index (χ1n) is 10.00. The van der Waals surface area contributed by atoms with Crippen molar-refractivity contribution in [2.75, 3.05) is 0 Å². The fraction of sp³-hybridized carbons (Fsp3) is 0.400. The fourth-order valence-electron chi connectivity index (χ4n) is 3.14. The van der Waals surface area contributed by atoms with E-state index in [2.05, 4.69) is 30.9 Å². The summed E-state index contributed by atoms with van der Waals surface area (Å²) in [6, 6.07) is -0.957. The van der Waals surface area contributed by atoms with E-state index in [0.29, 0.717) is 15.8 Å². The monoisotopic (exact) mass is 474 g/mol. The van der Waals surface area contributed by atoms with Crippen LogP contribution in [-0.4, -0.2) is 32.7 Å². The molecule has 0 spiro atoms. The number of hydrogen-bond acceptors (Lipinski definition) is 9. The maximum atomic E-state index is 12.8. The Labute approximate surface area is 191 Å². The summed E-state index contributed by atoms with van der Waals surface area (Å²) in [6.07, 6.45) is 0. The summed E-state index contributed by atoms with van der Waals surface area (Å²) >= 11 is 2.58. The van der Waals surface area contributed by atoms with Crippen LogP contribution in [0.25, 0.3) is 0 Å². The first-order valence-corrected chi connectivity index (χ1v) is 11.8. The Kier molecular flexibility index (Phi) is 6.07. The van der Waals surface area contributed by atoms with E-state index < -0.39 is 17.9 Å². The van der Waals surface area contributed by atoms with Crippen LogP contribution in [0.15, 0.2) is 15.2 Å². The van der Waals surface area contributed by atoms with Gasteiger partial charge in [0, 0.05) is 10.8 Å². The van der Waals surface area contributed by atoms with Gasteiger partial charge in [0.25, 0.3) is 17.7 Å². The smallest absolute Gasteiger partial charge is 0.273 e. The zero-order valence-electron chi connectivity index (χ0n) is 17.9. The lowest BCUT2D eigenvalue weighted by Crippen LogP contribution is -2.32. The summed E-state index contributed by atoms with van der Waals surface area (Å²) in [5.41, 5.74) is 0.622. The molecule has 12 heteroatoms. The number of amides is 3. The molecular weight excluding hydrogens is 452 g/mol. The van der Waals surface area contributed by atoms with E-state index in [-0.39, 0.29) is 47.4 Å². The molecule has 0 saturated heterocycles. The molecular formula is C20H22N6O4S2. The lowest BCUT2D eigenvalue weighted by atomic mass is 10.1. The number of rotatable bonds is 1. The predicted molar refractivity (Wildman–Crippen MR) is 118 cm³/mol. The maximum Gasteiger partial charge on any atom is 0.273 e. The largest absolute Gasteiger partial charge is 0.443 e. The molecule has 2 atom stereocenters. The Morgan fingerprint density at radius 2 is 1.69 bits per heavy atom. The number of oxazole rings is 1. The van der Waals surface area contributed by atoms with E-state index >= 15 is 0 Å². The van der Waals surface area contributed by atoms with Crippen LogP contribution in [0.1, 0.15) is 86.0 Å². The van der Waals surface area contributed by atoms with Gasteiger partial charge in [-0.2, -0.15) is 0 Å². The quantitative estimate of drug-likeness (QED) is 0.493. The van der Waals surface area contributed by atoms with E-state index in [1.807, 2.05) is 13.8 Å². The van der Waals surface area contributed by atoms with Gasteiger partial charge < -0.3 is 20.4 Å². The SMILES string of the molecule is Cc1oc2nc1C(=O)NCc1nc(cs1)C(=O)N[C@H](C(C)C)c1nc(cs1)C(=O)N[C@H]2C. The average Bonchev–Trinajstić information content (AvgIpc) is 3.48. The van der Waals surface area contributed by atoms with Crippen LogP contribution < -0.4 is 16.0 Å². The summed E-state index contributed by atoms with van der Waals surface area (Å²) in [5, 5.41) is 13.0. The van der Waals surface area contributed by atoms with Crippen molar-refractivity contribution in [3.05, 3.63) is 49.5 Å². The lowest BCUT2D eigenvalue weighted by Gasteiger charge is -2.19. The summed E-state index contributed by atoms with van der Waals surface area (Å²) in [4.78, 5) is 51.1. The highest BCUT2D eigenvalue weighted by molar-refractivity contribution is 7.10. The number of carbonyl (C=O) groups is 3. The third-order valence-electron chi connectivity index (χ3n) is 4.90. The minimum atomic E-state index is -0.575. The maximum absolute atomic E-state index is 12.8. The zero-order chi connectivity index (χ0) is 23.0. The summed E-state index contributed by atoms with van der Waals surface area (Å²) in [7, 11) is 0. The minimum Gasteiger partial charge on any atom is -0.443 e. The number of aromatic nitrogens is 3. The Bertz CT molecular complexity index is 1180. The number of nitrogens with zero attached hydrogens (tertiary/aromatic N) is 3. The molecule has 1 aliphatic heterocycles. The van der Waals surface area contributed by atoms with E-state index in [0.717, 1.165) is 0 Å². The number of nitrogens with one attached hydrogen (secondary N) is 3. The van der Waals surface area contributed by atoms with Crippen molar-refractivity contribution in [1.29, 1.82) is 0 Å². The van der Waals surface area contributed by atoms with Gasteiger partial charge in [-0.1, -0.05) is 13.8 Å². The molecule has 0 aliphatic carbocycles. The molecule has 1 aliphatic rings. The van der Waals surface area contributed by atoms with Crippen LogP contribution in [0.3, 0.4) is 0 Å². The molecule has 0 aromatic carbocycles. The van der Waals surface area contributed by atoms with Crippen molar-refractivity contribution in [3.63, 3.8) is 0 Å². The summed E-state index contributed by atoms with van der Waals surface area (Å²) in [6.45, 7) is 7.42. The molecule has 0 fully saturated rings. The second kappa shape index (κ2) is 8.79. The van der Waals surface area contributed by atoms with Gasteiger partial charge in [0.1, 0.15) is 33.2 Å². The van der Waals surface area contributed by atoms with Gasteiger partial charge >= 0.3 is 0 Å². The highest BCUT2D eigenvalue weighted by atomic mass is 32.1. The van der Waals surface area contributed by atoms with Crippen LogP contribution in [-0.2, 0) is 6.54 Å². The fourth-order valence-corrected chi connectivity index (χ4v) is 4.88. The summed E-state index contributed by atoms with van der Waals surface area (Å²) in [5.74, 6) is -0.571. The van der Waals surface area contributed by atoms with Crippen LogP contribution >= 0.6 is 22.7 Å². The highest BCUT2D eigenvalue weighted by Crippen LogP contribution is 2.26. The second-order valence-electron chi connectivity index (χ2n) is 7.73. The number of aryl methyl sites for hydroxylation is 1. The molecule has 3 N–H and O–H groups in total. The Balaban J connectivity index is 1.71. The first-order chi connectivity index (χ1) is 15.2. The van der Waals surface area contributed by atoms with Crippen molar-refractivity contribution >= 4 is 40.4 Å². The van der Waals surface area contributed by atoms with Crippen molar-refractivity contribution in [1.82, 2.24) is 30.9 Å². The third kappa shape index (κ3) is 4.41. The predicted octanol–water partition coefficient (Wildman–Crippen LogP) is 2.76. The Hall–Kier alpha value is -3.12. The molecule has 32 heavy (non-hydrogen) atoms. The number of carbonyl (C=O) groups excluding carboxylic acids is 3. The number of thiazole rings is 2. The van der Waals surface area contributed by atoms with Crippen LogP contribution in [0.2, 0.25) is 0 Å². The van der Waals surface area contributed by atoms with Crippen LogP contribution in [0.4, 0.5) is 0 Å². The number of hydrogen-bond donors (Lipinski definition) is 3. The molecule has 10 nitrogen and oxygen atoms in total. The van der Waals surface area contributed by atoms with Gasteiger partial charge in [-0.25, -0.2) is 15.0 Å². The molecule has 3 amide bonds. The van der Waals surface area contributed by atoms with Crippen molar-refractivity contribution in [3.8, 4) is 0 Å². The molecule has 0 unspecified atom stereocenters. The van der Waals surface area contributed by atoms with E-state index in [1.54, 1.807) is 24.6 Å². The van der Waals surface area contributed by atoms with Crippen LogP contribution in [0.5, 0.6) is 0 Å². The molecule has 0 radical (unpaired) electrons. The Morgan fingerprint density at radius 3 is 2.44 bits per heavy atom. The highest BCUT2D eigenvalue weighted by Gasteiger charge is 2.27. The van der Waals surface area contributed by atoms with Crippen molar-refractivity contribution in [2.24, 2.45) is 5.92 Å². The molecule has 4 rings (SSSR count). The van der Waals surface area contributed by atoms with Crippen LogP contribution in [0, 0.1) is 12.8 Å². The standard InChI is InChI=1S/C20H22N6O4S2/c1-8(2)14-20-24-12(7-32-20)16(27)22-9(3)19-26-15(10(4)30-19)18(29)21-5-13-23-11(6-31-13)17(28)25-14/h6-9,14H,5H2,1-4H3,(H,21,29)(H,22,27)(H,25,28)/t9-,14+/m0/s1. The Morgan fingerprint density at radius 1 is 1.00 bits per heavy atom. The van der Waals surface area contributed by atoms with Crippen molar-refractivity contribution in [2.45, 2.75) is 46.3 Å². The summed E-state index contributed by atoms with van der Waals surface area (Å²) < 4.78 is 5.62. The lowest BCUT2D eigenvalue weighted by molar-refractivity contribution is 0.0919. The van der Waals surface area contributed by atoms with Gasteiger partial charge in [-0.3, -0.25) is 14.4 Å². The van der Waals surface area contributed by atoms with Gasteiger partial charge in [-0.05, 0) is 19.8 Å². The van der Waals surface area contributed by atoms with E-state index in [9.17, 15) is 14.4 Å². The molecule has 0 saturated carbocycles. The third-order valence-corrected chi connectivity index (χ3v) is 6.68. The average molecular weight is 475 g/mol. The van der Waals surface area contributed by atoms with Gasteiger partial charge in [0.2, 0.25) is 5.89 Å². The topological polar surface area (TPSA) is 139 Å². The molecule has 168 valence electrons. The van der Waals surface area contributed by atoms with E-state index in [4.69, 9.17) is 4.42 Å². The molecule has 3 aromatic heterocycles. The minimum absolute atomic E-state index is 0.0386. The van der Waals surface area contributed by atoms with Gasteiger partial charge in [0.05, 0.1) is 12.6 Å². The normalized spacial score (nSPS) is 19.7. The first kappa shape index (κ1) is 22.1. The van der Waals surface area contributed by atoms with Gasteiger partial charge in [0.15, 0.2) is 5.69 Å². The number of fused-ring (bicyclic) bond motifs is 6. The molecule has 6 bridgehead atoms. The zero-order valence-corrected chi connectivity index (χ0v) is 19.5. The molecule has 4 heterocycles. The van der Waals surface area contributed by atoms with Crippen molar-refractivity contribution < 1.29 is 18.8 Å². The molecule has 3 aromatic rings. The van der Waals surface area contributed by atoms with Gasteiger partial charge in [-0.15, -0.1) is 22.7 Å².